The summed E-state index contributed by atoms with van der Waals surface area (Å²) in [5, 5.41) is 6.22. The van der Waals surface area contributed by atoms with Crippen molar-refractivity contribution in [2.45, 2.75) is 26.1 Å². The number of carbonyl (C=O) groups excluding carboxylic acids is 1. The zero-order valence-electron chi connectivity index (χ0n) is 13.8. The van der Waals surface area contributed by atoms with Gasteiger partial charge < -0.3 is 10.6 Å². The number of thioether (sulfide) groups is 1. The summed E-state index contributed by atoms with van der Waals surface area (Å²) >= 11 is 1.95. The molecule has 0 bridgehead atoms. The van der Waals surface area contributed by atoms with Gasteiger partial charge in [0.25, 0.3) is 0 Å². The number of amides is 1. The number of aryl methyl sites for hydroxylation is 1. The molecule has 122 valence electrons. The molecule has 3 nitrogen and oxygen atoms in total. The van der Waals surface area contributed by atoms with E-state index in [1.807, 2.05) is 36.0 Å². The quantitative estimate of drug-likeness (QED) is 0.720. The van der Waals surface area contributed by atoms with E-state index >= 15 is 0 Å². The third kappa shape index (κ3) is 6.89. The Kier molecular flexibility index (Phi) is 7.17. The highest BCUT2D eigenvalue weighted by molar-refractivity contribution is 7.98. The van der Waals surface area contributed by atoms with Gasteiger partial charge >= 0.3 is 0 Å². The summed E-state index contributed by atoms with van der Waals surface area (Å²) < 4.78 is 0. The van der Waals surface area contributed by atoms with Crippen molar-refractivity contribution in [3.05, 3.63) is 65.2 Å². The predicted molar refractivity (Wildman–Crippen MR) is 99.8 cm³/mol. The van der Waals surface area contributed by atoms with Crippen LogP contribution in [0.4, 0.5) is 5.69 Å². The van der Waals surface area contributed by atoms with Gasteiger partial charge in [-0.3, -0.25) is 4.79 Å². The Labute approximate surface area is 142 Å². The zero-order valence-corrected chi connectivity index (χ0v) is 14.6. The Morgan fingerprint density at radius 1 is 1.00 bits per heavy atom. The number of hydrogen-bond acceptors (Lipinski definition) is 3. The lowest BCUT2D eigenvalue weighted by Crippen LogP contribution is -2.16. The number of hydrogen-bond donors (Lipinski definition) is 2. The summed E-state index contributed by atoms with van der Waals surface area (Å²) in [6, 6.07) is 16.7. The molecule has 2 N–H and O–H groups in total. The SMILES string of the molecule is CC(=O)Nc1ccc(CNCCSCc2ccc(C)cc2)cc1. The number of nitrogens with one attached hydrogen (secondary N) is 2. The van der Waals surface area contributed by atoms with E-state index in [9.17, 15) is 4.79 Å². The van der Waals surface area contributed by atoms with Gasteiger partial charge in [-0.25, -0.2) is 0 Å². The molecule has 0 aliphatic carbocycles. The molecule has 0 fully saturated rings. The third-order valence-corrected chi connectivity index (χ3v) is 4.45. The van der Waals surface area contributed by atoms with E-state index in [-0.39, 0.29) is 5.91 Å². The van der Waals surface area contributed by atoms with Crippen molar-refractivity contribution in [2.75, 3.05) is 17.6 Å². The van der Waals surface area contributed by atoms with Gasteiger partial charge in [0.1, 0.15) is 0 Å². The molecule has 0 saturated carbocycles. The number of rotatable bonds is 8. The van der Waals surface area contributed by atoms with Crippen molar-refractivity contribution in [2.24, 2.45) is 0 Å². The normalized spacial score (nSPS) is 10.5. The minimum Gasteiger partial charge on any atom is -0.326 e. The van der Waals surface area contributed by atoms with Crippen LogP contribution in [0.15, 0.2) is 48.5 Å². The van der Waals surface area contributed by atoms with Gasteiger partial charge in [-0.1, -0.05) is 42.0 Å². The second-order valence-electron chi connectivity index (χ2n) is 5.59. The Morgan fingerprint density at radius 3 is 2.30 bits per heavy atom. The van der Waals surface area contributed by atoms with Crippen LogP contribution in [0.2, 0.25) is 0 Å². The molecule has 1 amide bonds. The van der Waals surface area contributed by atoms with Crippen molar-refractivity contribution in [1.82, 2.24) is 5.32 Å². The summed E-state index contributed by atoms with van der Waals surface area (Å²) in [4.78, 5) is 11.0. The van der Waals surface area contributed by atoms with E-state index in [1.54, 1.807) is 0 Å². The third-order valence-electron chi connectivity index (χ3n) is 3.42. The largest absolute Gasteiger partial charge is 0.326 e. The van der Waals surface area contributed by atoms with Crippen LogP contribution in [0.5, 0.6) is 0 Å². The van der Waals surface area contributed by atoms with Gasteiger partial charge in [-0.05, 0) is 30.2 Å². The highest BCUT2D eigenvalue weighted by Gasteiger charge is 1.97. The molecule has 0 aromatic heterocycles. The molecule has 0 aliphatic heterocycles. The Morgan fingerprint density at radius 2 is 1.65 bits per heavy atom. The van der Waals surface area contributed by atoms with E-state index in [0.29, 0.717) is 0 Å². The molecule has 2 aromatic carbocycles. The van der Waals surface area contributed by atoms with Crippen molar-refractivity contribution < 1.29 is 4.79 Å². The maximum atomic E-state index is 11.0. The molecular formula is C19H24N2OS. The van der Waals surface area contributed by atoms with Gasteiger partial charge in [0.2, 0.25) is 5.91 Å². The van der Waals surface area contributed by atoms with Crippen LogP contribution in [0, 0.1) is 6.92 Å². The number of carbonyl (C=O) groups is 1. The second kappa shape index (κ2) is 9.38. The van der Waals surface area contributed by atoms with Crippen LogP contribution in [-0.4, -0.2) is 18.2 Å². The first-order valence-electron chi connectivity index (χ1n) is 7.84. The van der Waals surface area contributed by atoms with Gasteiger partial charge in [0.15, 0.2) is 0 Å². The Hall–Kier alpha value is -1.78. The summed E-state index contributed by atoms with van der Waals surface area (Å²) in [5.74, 6) is 2.12. The van der Waals surface area contributed by atoms with Crippen LogP contribution in [0.25, 0.3) is 0 Å². The van der Waals surface area contributed by atoms with Crippen LogP contribution >= 0.6 is 11.8 Å². The Balaban J connectivity index is 1.60. The van der Waals surface area contributed by atoms with Crippen LogP contribution in [0.3, 0.4) is 0 Å². The van der Waals surface area contributed by atoms with Gasteiger partial charge in [-0.15, -0.1) is 0 Å². The molecule has 0 atom stereocenters. The van der Waals surface area contributed by atoms with Crippen LogP contribution < -0.4 is 10.6 Å². The summed E-state index contributed by atoms with van der Waals surface area (Å²) in [6.45, 7) is 5.47. The molecule has 2 rings (SSSR count). The molecule has 0 radical (unpaired) electrons. The molecule has 2 aromatic rings. The van der Waals surface area contributed by atoms with Crippen LogP contribution in [0.1, 0.15) is 23.6 Å². The molecule has 4 heteroatoms. The molecule has 23 heavy (non-hydrogen) atoms. The second-order valence-corrected chi connectivity index (χ2v) is 6.70. The average Bonchev–Trinajstić information content (AvgIpc) is 2.53. The molecule has 0 heterocycles. The minimum absolute atomic E-state index is 0.0403. The van der Waals surface area contributed by atoms with E-state index < -0.39 is 0 Å². The first kappa shape index (κ1) is 17.6. The lowest BCUT2D eigenvalue weighted by Gasteiger charge is -2.07. The fraction of sp³-hybridized carbons (Fsp3) is 0.316. The molecular weight excluding hydrogens is 304 g/mol. The first-order valence-corrected chi connectivity index (χ1v) is 8.99. The predicted octanol–water partition coefficient (Wildman–Crippen LogP) is 3.98. The van der Waals surface area contributed by atoms with Crippen molar-refractivity contribution in [1.29, 1.82) is 0 Å². The smallest absolute Gasteiger partial charge is 0.221 e. The van der Waals surface area contributed by atoms with Gasteiger partial charge in [0.05, 0.1) is 0 Å². The maximum Gasteiger partial charge on any atom is 0.221 e. The Bertz CT molecular complexity index is 608. The fourth-order valence-electron chi connectivity index (χ4n) is 2.16. The number of benzene rings is 2. The fourth-order valence-corrected chi connectivity index (χ4v) is 3.02. The molecule has 0 spiro atoms. The van der Waals surface area contributed by atoms with Crippen molar-refractivity contribution >= 4 is 23.4 Å². The summed E-state index contributed by atoms with van der Waals surface area (Å²) in [6.07, 6.45) is 0. The van der Waals surface area contributed by atoms with Gasteiger partial charge in [0, 0.05) is 37.2 Å². The van der Waals surface area contributed by atoms with Crippen molar-refractivity contribution in [3.63, 3.8) is 0 Å². The molecule has 0 aliphatic rings. The monoisotopic (exact) mass is 328 g/mol. The topological polar surface area (TPSA) is 41.1 Å². The van der Waals surface area contributed by atoms with Gasteiger partial charge in [-0.2, -0.15) is 11.8 Å². The lowest BCUT2D eigenvalue weighted by molar-refractivity contribution is -0.114. The number of anilines is 1. The highest BCUT2D eigenvalue weighted by atomic mass is 32.2. The van der Waals surface area contributed by atoms with Crippen LogP contribution in [-0.2, 0) is 17.1 Å². The zero-order chi connectivity index (χ0) is 16.5. The molecule has 0 saturated heterocycles. The van der Waals surface area contributed by atoms with E-state index in [2.05, 4.69) is 41.8 Å². The van der Waals surface area contributed by atoms with E-state index in [4.69, 9.17) is 0 Å². The average molecular weight is 328 g/mol. The van der Waals surface area contributed by atoms with Crippen molar-refractivity contribution in [3.8, 4) is 0 Å². The minimum atomic E-state index is -0.0403. The standard InChI is InChI=1S/C19H24N2OS/c1-15-3-5-18(6-4-15)14-23-12-11-20-13-17-7-9-19(10-8-17)21-16(2)22/h3-10,20H,11-14H2,1-2H3,(H,21,22). The maximum absolute atomic E-state index is 11.0. The van der Waals surface area contributed by atoms with E-state index in [0.717, 1.165) is 30.3 Å². The first-order chi connectivity index (χ1) is 11.1. The highest BCUT2D eigenvalue weighted by Crippen LogP contribution is 2.12. The summed E-state index contributed by atoms with van der Waals surface area (Å²) in [7, 11) is 0. The summed E-state index contributed by atoms with van der Waals surface area (Å²) in [5.41, 5.74) is 4.76. The molecule has 0 unspecified atom stereocenters. The van der Waals surface area contributed by atoms with E-state index in [1.165, 1.54) is 23.6 Å². The lowest BCUT2D eigenvalue weighted by atomic mass is 10.2.